The van der Waals surface area contributed by atoms with Gasteiger partial charge in [-0.1, -0.05) is 36.1 Å². The average molecular weight is 508 g/mol. The molecule has 1 amide bonds. The van der Waals surface area contributed by atoms with Gasteiger partial charge < -0.3 is 15.8 Å². The van der Waals surface area contributed by atoms with E-state index in [2.05, 4.69) is 27.2 Å². The zero-order valence-corrected chi connectivity index (χ0v) is 21.0. The predicted octanol–water partition coefficient (Wildman–Crippen LogP) is 2.89. The first-order valence-electron chi connectivity index (χ1n) is 11.9. The number of rotatable bonds is 5. The van der Waals surface area contributed by atoms with Gasteiger partial charge in [0.1, 0.15) is 17.5 Å². The van der Waals surface area contributed by atoms with E-state index in [1.807, 2.05) is 25.1 Å². The number of nitrogens with one attached hydrogen (secondary N) is 1. The van der Waals surface area contributed by atoms with E-state index in [9.17, 15) is 9.59 Å². The van der Waals surface area contributed by atoms with Crippen LogP contribution in [-0.2, 0) is 4.74 Å². The fraction of sp³-hybridized carbons (Fsp3) is 0.179. The van der Waals surface area contributed by atoms with Crippen LogP contribution in [0.3, 0.4) is 0 Å². The van der Waals surface area contributed by atoms with E-state index in [0.29, 0.717) is 33.6 Å². The van der Waals surface area contributed by atoms with Crippen LogP contribution in [0, 0.1) is 11.8 Å². The van der Waals surface area contributed by atoms with Crippen molar-refractivity contribution >= 4 is 28.3 Å². The maximum Gasteiger partial charge on any atom is 0.267 e. The zero-order chi connectivity index (χ0) is 26.8. The Kier molecular flexibility index (Phi) is 6.60. The molecule has 0 radical (unpaired) electrons. The van der Waals surface area contributed by atoms with Crippen LogP contribution < -0.4 is 16.6 Å². The highest BCUT2D eigenvalue weighted by Gasteiger charge is 2.24. The minimum Gasteiger partial charge on any atom is -0.381 e. The first-order valence-corrected chi connectivity index (χ1v) is 11.9. The van der Waals surface area contributed by atoms with E-state index in [0.717, 1.165) is 0 Å². The molecule has 10 nitrogen and oxygen atoms in total. The molecule has 0 bridgehead atoms. The number of carbonyl (C=O) groups excluding carboxylic acids is 1. The van der Waals surface area contributed by atoms with Crippen molar-refractivity contribution in [2.75, 3.05) is 12.8 Å². The van der Waals surface area contributed by atoms with Gasteiger partial charge in [0.25, 0.3) is 11.5 Å². The molecule has 190 valence electrons. The number of anilines is 1. The maximum absolute atomic E-state index is 14.0. The highest BCUT2D eigenvalue weighted by atomic mass is 16.5. The number of aromatic nitrogens is 5. The van der Waals surface area contributed by atoms with Gasteiger partial charge in [0.05, 0.1) is 22.6 Å². The number of hydrogen-bond donors (Lipinski definition) is 2. The second-order valence-electron chi connectivity index (χ2n) is 8.64. The van der Waals surface area contributed by atoms with Crippen LogP contribution in [0.1, 0.15) is 41.6 Å². The van der Waals surface area contributed by atoms with Crippen molar-refractivity contribution < 1.29 is 9.53 Å². The zero-order valence-electron chi connectivity index (χ0n) is 21.0. The van der Waals surface area contributed by atoms with Crippen LogP contribution in [-0.4, -0.2) is 43.3 Å². The molecule has 0 spiro atoms. The molecule has 10 heteroatoms. The number of carbonyl (C=O) groups is 1. The first-order chi connectivity index (χ1) is 18.4. The standard InChI is InChI=1S/C28H25N7O3/c1-17(38-3)13-14-19-9-7-12-21-22(19)28(37)35(20-10-5-4-6-11-20)25(32-21)18(2)31-27(36)23-24(29)33-34-16-8-15-30-26(23)34/h4-12,15-18H,1-3H3,(H2,29,33)(H,31,36). The normalized spacial score (nSPS) is 12.6. The van der Waals surface area contributed by atoms with E-state index >= 15 is 0 Å². The van der Waals surface area contributed by atoms with Crippen LogP contribution in [0.4, 0.5) is 5.82 Å². The number of fused-ring (bicyclic) bond motifs is 2. The number of nitrogen functional groups attached to an aromatic ring is 1. The summed E-state index contributed by atoms with van der Waals surface area (Å²) < 4.78 is 8.17. The van der Waals surface area contributed by atoms with Gasteiger partial charge in [-0.15, -0.1) is 5.10 Å². The summed E-state index contributed by atoms with van der Waals surface area (Å²) in [5, 5.41) is 7.46. The van der Waals surface area contributed by atoms with Crippen molar-refractivity contribution in [1.82, 2.24) is 29.5 Å². The van der Waals surface area contributed by atoms with E-state index in [4.69, 9.17) is 15.5 Å². The lowest BCUT2D eigenvalue weighted by Gasteiger charge is -2.20. The minimum absolute atomic E-state index is 0.0498. The van der Waals surface area contributed by atoms with Crippen LogP contribution in [0.5, 0.6) is 0 Å². The molecule has 0 aliphatic rings. The Morgan fingerprint density at radius 2 is 1.89 bits per heavy atom. The molecule has 3 aromatic heterocycles. The smallest absolute Gasteiger partial charge is 0.267 e. The number of methoxy groups -OCH3 is 1. The summed E-state index contributed by atoms with van der Waals surface area (Å²) in [5.41, 5.74) is 7.83. The molecule has 38 heavy (non-hydrogen) atoms. The second-order valence-corrected chi connectivity index (χ2v) is 8.64. The average Bonchev–Trinajstić information content (AvgIpc) is 3.27. The van der Waals surface area contributed by atoms with Crippen molar-refractivity contribution in [3.63, 3.8) is 0 Å². The molecule has 5 aromatic rings. The summed E-state index contributed by atoms with van der Waals surface area (Å²) in [4.78, 5) is 36.4. The highest BCUT2D eigenvalue weighted by molar-refractivity contribution is 6.04. The van der Waals surface area contributed by atoms with Crippen molar-refractivity contribution in [1.29, 1.82) is 0 Å². The monoisotopic (exact) mass is 507 g/mol. The molecule has 0 saturated heterocycles. The molecule has 2 unspecified atom stereocenters. The Bertz CT molecular complexity index is 1780. The molecule has 0 aliphatic carbocycles. The number of para-hydroxylation sites is 1. The Labute approximate surface area is 218 Å². The number of benzene rings is 2. The second kappa shape index (κ2) is 10.2. The summed E-state index contributed by atoms with van der Waals surface area (Å²) >= 11 is 0. The summed E-state index contributed by atoms with van der Waals surface area (Å²) in [6.45, 7) is 3.58. The van der Waals surface area contributed by atoms with Crippen LogP contribution in [0.15, 0.2) is 71.8 Å². The van der Waals surface area contributed by atoms with Crippen LogP contribution in [0.25, 0.3) is 22.2 Å². The summed E-state index contributed by atoms with van der Waals surface area (Å²) in [5.74, 6) is 5.96. The first kappa shape index (κ1) is 24.7. The molecule has 2 atom stereocenters. The Morgan fingerprint density at radius 1 is 1.11 bits per heavy atom. The minimum atomic E-state index is -0.680. The quantitative estimate of drug-likeness (QED) is 0.350. The van der Waals surface area contributed by atoms with Gasteiger partial charge in [-0.3, -0.25) is 14.2 Å². The van der Waals surface area contributed by atoms with Crippen molar-refractivity contribution in [3.05, 3.63) is 94.3 Å². The van der Waals surface area contributed by atoms with Gasteiger partial charge >= 0.3 is 0 Å². The molecule has 2 aromatic carbocycles. The van der Waals surface area contributed by atoms with Gasteiger partial charge in [0, 0.05) is 25.1 Å². The summed E-state index contributed by atoms with van der Waals surface area (Å²) in [7, 11) is 1.57. The van der Waals surface area contributed by atoms with Gasteiger partial charge in [-0.05, 0) is 44.2 Å². The lowest BCUT2D eigenvalue weighted by atomic mass is 10.1. The van der Waals surface area contributed by atoms with Crippen LogP contribution >= 0.6 is 0 Å². The van der Waals surface area contributed by atoms with Crippen molar-refractivity contribution in [3.8, 4) is 17.5 Å². The van der Waals surface area contributed by atoms with Gasteiger partial charge in [0.15, 0.2) is 11.5 Å². The van der Waals surface area contributed by atoms with Crippen LogP contribution in [0.2, 0.25) is 0 Å². The highest BCUT2D eigenvalue weighted by Crippen LogP contribution is 2.22. The van der Waals surface area contributed by atoms with E-state index in [-0.39, 0.29) is 23.0 Å². The number of nitrogens with zero attached hydrogens (tertiary/aromatic N) is 5. The lowest BCUT2D eigenvalue weighted by Crippen LogP contribution is -2.33. The Hall–Kier alpha value is -5.01. The summed E-state index contributed by atoms with van der Waals surface area (Å²) in [6.07, 6.45) is 2.92. The molecule has 0 fully saturated rings. The lowest BCUT2D eigenvalue weighted by molar-refractivity contribution is 0.0940. The molecule has 0 aliphatic heterocycles. The number of hydrogen-bond acceptors (Lipinski definition) is 7. The van der Waals surface area contributed by atoms with Gasteiger partial charge in [0.2, 0.25) is 0 Å². The predicted molar refractivity (Wildman–Crippen MR) is 144 cm³/mol. The summed E-state index contributed by atoms with van der Waals surface area (Å²) in [6, 6.07) is 15.5. The number of nitrogens with two attached hydrogens (primary N) is 1. The molecule has 3 heterocycles. The van der Waals surface area contributed by atoms with E-state index in [1.54, 1.807) is 62.8 Å². The fourth-order valence-electron chi connectivity index (χ4n) is 4.16. The molecular weight excluding hydrogens is 482 g/mol. The van der Waals surface area contributed by atoms with Gasteiger partial charge in [-0.25, -0.2) is 14.5 Å². The largest absolute Gasteiger partial charge is 0.381 e. The molecular formula is C28H25N7O3. The fourth-order valence-corrected chi connectivity index (χ4v) is 4.16. The Balaban J connectivity index is 1.65. The van der Waals surface area contributed by atoms with Crippen molar-refractivity contribution in [2.24, 2.45) is 0 Å². The van der Waals surface area contributed by atoms with Crippen molar-refractivity contribution in [2.45, 2.75) is 26.0 Å². The SMILES string of the molecule is COC(C)C#Cc1cccc2nc(C(C)NC(=O)c3c(N)nn4cccnc34)n(-c3ccccc3)c(=O)c12. The number of ether oxygens (including phenoxy) is 1. The van der Waals surface area contributed by atoms with E-state index < -0.39 is 11.9 Å². The molecule has 0 saturated carbocycles. The molecule has 3 N–H and O–H groups in total. The maximum atomic E-state index is 14.0. The number of amides is 1. The Morgan fingerprint density at radius 3 is 2.66 bits per heavy atom. The topological polar surface area (TPSA) is 129 Å². The van der Waals surface area contributed by atoms with E-state index in [1.165, 1.54) is 9.08 Å². The third-order valence-corrected chi connectivity index (χ3v) is 6.09. The third kappa shape index (κ3) is 4.47. The molecule has 5 rings (SSSR count). The third-order valence-electron chi connectivity index (χ3n) is 6.09. The van der Waals surface area contributed by atoms with Gasteiger partial charge in [-0.2, -0.15) is 0 Å².